The number of unbranched alkanes of at least 4 members (excludes halogenated alkanes) is 16. The maximum Gasteiger partial charge on any atom is 0.306 e. The summed E-state index contributed by atoms with van der Waals surface area (Å²) in [4.78, 5) is 38.1. The Morgan fingerprint density at radius 3 is 0.851 bits per heavy atom. The fourth-order valence-corrected chi connectivity index (χ4v) is 6.99. The Balaban J connectivity index is 4.48. The zero-order valence-corrected chi connectivity index (χ0v) is 43.1. The minimum atomic E-state index is -0.810. The lowest BCUT2D eigenvalue weighted by Gasteiger charge is -2.18. The van der Waals surface area contributed by atoms with Crippen LogP contribution in [0.3, 0.4) is 0 Å². The van der Waals surface area contributed by atoms with Crippen LogP contribution in [-0.2, 0) is 28.6 Å². The molecular weight excluding hydrogens is 829 g/mol. The first-order valence-electron chi connectivity index (χ1n) is 27.0. The molecule has 0 rings (SSSR count). The Morgan fingerprint density at radius 1 is 0.299 bits per heavy atom. The highest BCUT2D eigenvalue weighted by Crippen LogP contribution is 2.14. The van der Waals surface area contributed by atoms with Gasteiger partial charge in [0.1, 0.15) is 13.2 Å². The van der Waals surface area contributed by atoms with Crippen LogP contribution < -0.4 is 0 Å². The molecule has 0 N–H and O–H groups in total. The fourth-order valence-electron chi connectivity index (χ4n) is 6.99. The maximum atomic E-state index is 12.8. The van der Waals surface area contributed by atoms with E-state index in [1.165, 1.54) is 38.5 Å². The normalized spacial score (nSPS) is 13.1. The van der Waals surface area contributed by atoms with Crippen molar-refractivity contribution in [1.29, 1.82) is 0 Å². The minimum absolute atomic E-state index is 0.104. The van der Waals surface area contributed by atoms with Crippen molar-refractivity contribution in [2.24, 2.45) is 0 Å². The lowest BCUT2D eigenvalue weighted by atomic mass is 10.1. The van der Waals surface area contributed by atoms with Gasteiger partial charge in [-0.2, -0.15) is 0 Å². The second-order valence-electron chi connectivity index (χ2n) is 17.3. The summed E-state index contributed by atoms with van der Waals surface area (Å²) in [5, 5.41) is 0. The summed E-state index contributed by atoms with van der Waals surface area (Å²) in [6.45, 7) is 6.24. The molecule has 0 heterocycles. The van der Waals surface area contributed by atoms with Crippen LogP contribution in [0.25, 0.3) is 0 Å². The standard InChI is InChI=1S/C61H98O6/c1-4-7-10-13-16-19-22-25-28-30-31-32-34-36-39-42-45-48-51-54-60(63)66-57-58(56-65-59(62)53-50-47-44-41-38-35-27-24-21-18-15-12-9-6-3)67-61(64)55-52-49-46-43-40-37-33-29-26-23-20-17-14-11-8-5-2/h7-12,16-21,25-29,35,37,40,58H,4-6,13-15,22-24,30-34,36,38-39,41-57H2,1-3H3/b10-7-,11-8-,12-9-,19-16-,20-17-,21-18-,28-25-,29-26-,35-27-,40-37-. The van der Waals surface area contributed by atoms with Gasteiger partial charge in [0, 0.05) is 19.3 Å². The summed E-state index contributed by atoms with van der Waals surface area (Å²) >= 11 is 0. The average Bonchev–Trinajstić information content (AvgIpc) is 3.33. The molecule has 0 radical (unpaired) electrons. The molecule has 0 spiro atoms. The highest BCUT2D eigenvalue weighted by atomic mass is 16.6. The molecule has 0 aromatic carbocycles. The summed E-state index contributed by atoms with van der Waals surface area (Å²) in [7, 11) is 0. The number of rotatable bonds is 47. The molecular formula is C61H98O6. The molecule has 0 aliphatic carbocycles. The highest BCUT2D eigenvalue weighted by Gasteiger charge is 2.19. The van der Waals surface area contributed by atoms with E-state index >= 15 is 0 Å². The van der Waals surface area contributed by atoms with Gasteiger partial charge in [0.25, 0.3) is 0 Å². The van der Waals surface area contributed by atoms with Gasteiger partial charge in [-0.1, -0.05) is 206 Å². The van der Waals surface area contributed by atoms with Crippen LogP contribution in [0, 0.1) is 0 Å². The van der Waals surface area contributed by atoms with Gasteiger partial charge in [-0.15, -0.1) is 0 Å². The summed E-state index contributed by atoms with van der Waals surface area (Å²) < 4.78 is 16.8. The van der Waals surface area contributed by atoms with Crippen LogP contribution in [0.4, 0.5) is 0 Å². The number of carbonyl (C=O) groups is 3. The molecule has 0 bridgehead atoms. The van der Waals surface area contributed by atoms with Gasteiger partial charge in [-0.3, -0.25) is 14.4 Å². The van der Waals surface area contributed by atoms with Gasteiger partial charge in [0.2, 0.25) is 0 Å². The number of allylic oxidation sites excluding steroid dienone is 20. The van der Waals surface area contributed by atoms with E-state index in [0.29, 0.717) is 12.8 Å². The van der Waals surface area contributed by atoms with Gasteiger partial charge < -0.3 is 14.2 Å². The molecule has 6 nitrogen and oxygen atoms in total. The van der Waals surface area contributed by atoms with Crippen molar-refractivity contribution in [2.75, 3.05) is 13.2 Å². The van der Waals surface area contributed by atoms with Gasteiger partial charge in [-0.25, -0.2) is 0 Å². The third-order valence-electron chi connectivity index (χ3n) is 10.9. The largest absolute Gasteiger partial charge is 0.462 e. The zero-order valence-electron chi connectivity index (χ0n) is 43.1. The molecule has 0 saturated carbocycles. The van der Waals surface area contributed by atoms with Gasteiger partial charge in [-0.05, 0) is 122 Å². The number of ether oxygens (including phenoxy) is 3. The number of carbonyl (C=O) groups excluding carboxylic acids is 3. The van der Waals surface area contributed by atoms with Crippen molar-refractivity contribution >= 4 is 17.9 Å². The molecule has 0 aliphatic rings. The Kier molecular flexibility index (Phi) is 51.0. The molecule has 6 heteroatoms. The topological polar surface area (TPSA) is 78.9 Å². The fraction of sp³-hybridized carbons (Fsp3) is 0.623. The third-order valence-corrected chi connectivity index (χ3v) is 10.9. The zero-order chi connectivity index (χ0) is 48.6. The molecule has 0 aliphatic heterocycles. The van der Waals surface area contributed by atoms with Gasteiger partial charge in [0.05, 0.1) is 0 Å². The van der Waals surface area contributed by atoms with Crippen LogP contribution in [0.2, 0.25) is 0 Å². The van der Waals surface area contributed by atoms with Crippen molar-refractivity contribution < 1.29 is 28.6 Å². The number of hydrogen-bond donors (Lipinski definition) is 0. The SMILES string of the molecule is CC/C=C\C/C=C\C/C=C\C/C=C\CCCCCC(=O)OC(COC(=O)CCCCCC/C=C\C/C=C\C/C=C\CC)COC(=O)CCCCCCCCCCC/C=C\C/C=C\C/C=C\CC. The van der Waals surface area contributed by atoms with E-state index in [1.54, 1.807) is 0 Å². The van der Waals surface area contributed by atoms with E-state index in [0.717, 1.165) is 148 Å². The Hall–Kier alpha value is -4.19. The molecule has 1 atom stereocenters. The molecule has 0 fully saturated rings. The minimum Gasteiger partial charge on any atom is -0.462 e. The van der Waals surface area contributed by atoms with Crippen LogP contribution in [0.15, 0.2) is 122 Å². The molecule has 378 valence electrons. The highest BCUT2D eigenvalue weighted by molar-refractivity contribution is 5.71. The predicted molar refractivity (Wildman–Crippen MR) is 288 cm³/mol. The Labute approximate surface area is 412 Å². The first-order valence-corrected chi connectivity index (χ1v) is 27.0. The smallest absolute Gasteiger partial charge is 0.306 e. The molecule has 0 aromatic heterocycles. The number of esters is 3. The molecule has 1 unspecified atom stereocenters. The van der Waals surface area contributed by atoms with Crippen molar-refractivity contribution in [3.63, 3.8) is 0 Å². The lowest BCUT2D eigenvalue weighted by Crippen LogP contribution is -2.30. The predicted octanol–water partition coefficient (Wildman–Crippen LogP) is 18.1. The molecule has 0 aromatic rings. The summed E-state index contributed by atoms with van der Waals surface area (Å²) in [5.74, 6) is -0.969. The van der Waals surface area contributed by atoms with Crippen LogP contribution in [-0.4, -0.2) is 37.2 Å². The monoisotopic (exact) mass is 927 g/mol. The molecule has 0 saturated heterocycles. The maximum absolute atomic E-state index is 12.8. The van der Waals surface area contributed by atoms with Crippen molar-refractivity contribution in [2.45, 2.75) is 232 Å². The first-order chi connectivity index (χ1) is 33.0. The van der Waals surface area contributed by atoms with Crippen molar-refractivity contribution in [3.05, 3.63) is 122 Å². The van der Waals surface area contributed by atoms with E-state index in [2.05, 4.69) is 142 Å². The van der Waals surface area contributed by atoms with Gasteiger partial charge >= 0.3 is 17.9 Å². The third kappa shape index (κ3) is 52.6. The van der Waals surface area contributed by atoms with E-state index in [1.807, 2.05) is 0 Å². The molecule has 67 heavy (non-hydrogen) atoms. The first kappa shape index (κ1) is 62.8. The van der Waals surface area contributed by atoms with Crippen molar-refractivity contribution in [3.8, 4) is 0 Å². The van der Waals surface area contributed by atoms with E-state index < -0.39 is 6.10 Å². The average molecular weight is 927 g/mol. The Bertz CT molecular complexity index is 1440. The van der Waals surface area contributed by atoms with E-state index in [9.17, 15) is 14.4 Å². The quantitative estimate of drug-likeness (QED) is 0.0262. The second kappa shape index (κ2) is 54.4. The summed E-state index contributed by atoms with van der Waals surface area (Å²) in [5.41, 5.74) is 0. The van der Waals surface area contributed by atoms with Crippen molar-refractivity contribution in [1.82, 2.24) is 0 Å². The lowest BCUT2D eigenvalue weighted by molar-refractivity contribution is -0.167. The van der Waals surface area contributed by atoms with Crippen LogP contribution in [0.5, 0.6) is 0 Å². The van der Waals surface area contributed by atoms with Crippen LogP contribution >= 0.6 is 0 Å². The summed E-state index contributed by atoms with van der Waals surface area (Å²) in [6, 6.07) is 0. The van der Waals surface area contributed by atoms with Crippen LogP contribution in [0.1, 0.15) is 226 Å². The Morgan fingerprint density at radius 2 is 0.537 bits per heavy atom. The second-order valence-corrected chi connectivity index (χ2v) is 17.3. The summed E-state index contributed by atoms with van der Waals surface area (Å²) in [6.07, 6.45) is 74.7. The number of hydrogen-bond acceptors (Lipinski definition) is 6. The van der Waals surface area contributed by atoms with Gasteiger partial charge in [0.15, 0.2) is 6.10 Å². The van der Waals surface area contributed by atoms with E-state index in [-0.39, 0.29) is 37.5 Å². The van der Waals surface area contributed by atoms with E-state index in [4.69, 9.17) is 14.2 Å². The molecule has 0 amide bonds.